The summed E-state index contributed by atoms with van der Waals surface area (Å²) in [6, 6.07) is 9.96. The van der Waals surface area contributed by atoms with E-state index in [1.54, 1.807) is 0 Å². The predicted molar refractivity (Wildman–Crippen MR) is 81.0 cm³/mol. The standard InChI is InChI=1S/C15H22N2OS/c1-11-10-19-9-8-17(11)15(18)12(2)14(16)13-6-4-3-5-7-13/h3-7,11-12,14H,8-10,16H2,1-2H3. The molecule has 3 nitrogen and oxygen atoms in total. The summed E-state index contributed by atoms with van der Waals surface area (Å²) in [4.78, 5) is 14.5. The molecule has 1 amide bonds. The van der Waals surface area contributed by atoms with Crippen LogP contribution in [0.5, 0.6) is 0 Å². The molecule has 0 aromatic heterocycles. The average Bonchev–Trinajstić information content (AvgIpc) is 2.46. The first-order valence-electron chi connectivity index (χ1n) is 6.80. The second-order valence-corrected chi connectivity index (χ2v) is 6.33. The van der Waals surface area contributed by atoms with Gasteiger partial charge in [0.05, 0.1) is 5.92 Å². The van der Waals surface area contributed by atoms with E-state index < -0.39 is 0 Å². The molecule has 1 aliphatic heterocycles. The molecule has 1 aliphatic rings. The fraction of sp³-hybridized carbons (Fsp3) is 0.533. The molecular weight excluding hydrogens is 256 g/mol. The van der Waals surface area contributed by atoms with Gasteiger partial charge in [-0.3, -0.25) is 4.79 Å². The first kappa shape index (κ1) is 14.4. The molecular formula is C15H22N2OS. The van der Waals surface area contributed by atoms with Crippen LogP contribution < -0.4 is 5.73 Å². The minimum absolute atomic E-state index is 0.173. The summed E-state index contributed by atoms with van der Waals surface area (Å²) >= 11 is 1.92. The van der Waals surface area contributed by atoms with Crippen LogP contribution in [0.1, 0.15) is 25.5 Å². The SMILES string of the molecule is CC(C(=O)N1CCSCC1C)C(N)c1ccccc1. The van der Waals surface area contributed by atoms with Crippen LogP contribution in [0.3, 0.4) is 0 Å². The molecule has 3 atom stereocenters. The minimum Gasteiger partial charge on any atom is -0.338 e. The summed E-state index contributed by atoms with van der Waals surface area (Å²) in [6.45, 7) is 4.90. The quantitative estimate of drug-likeness (QED) is 0.922. The van der Waals surface area contributed by atoms with Crippen molar-refractivity contribution in [3.8, 4) is 0 Å². The summed E-state index contributed by atoms with van der Waals surface area (Å²) in [5.74, 6) is 2.07. The van der Waals surface area contributed by atoms with E-state index in [9.17, 15) is 4.79 Å². The highest BCUT2D eigenvalue weighted by Crippen LogP contribution is 2.24. The molecule has 104 valence electrons. The van der Waals surface area contributed by atoms with Crippen LogP contribution in [0.2, 0.25) is 0 Å². The van der Waals surface area contributed by atoms with E-state index in [4.69, 9.17) is 5.73 Å². The smallest absolute Gasteiger partial charge is 0.227 e. The van der Waals surface area contributed by atoms with E-state index in [-0.39, 0.29) is 17.9 Å². The van der Waals surface area contributed by atoms with E-state index in [0.717, 1.165) is 23.6 Å². The number of thioether (sulfide) groups is 1. The van der Waals surface area contributed by atoms with E-state index in [1.165, 1.54) is 0 Å². The van der Waals surface area contributed by atoms with Gasteiger partial charge in [0.2, 0.25) is 5.91 Å². The second-order valence-electron chi connectivity index (χ2n) is 5.18. The van der Waals surface area contributed by atoms with Crippen LogP contribution in [0.15, 0.2) is 30.3 Å². The summed E-state index contributed by atoms with van der Waals surface area (Å²) in [7, 11) is 0. The van der Waals surface area contributed by atoms with Crippen molar-refractivity contribution in [1.29, 1.82) is 0 Å². The molecule has 0 bridgehead atoms. The topological polar surface area (TPSA) is 46.3 Å². The fourth-order valence-electron chi connectivity index (χ4n) is 2.43. The minimum atomic E-state index is -0.226. The molecule has 19 heavy (non-hydrogen) atoms. The third-order valence-electron chi connectivity index (χ3n) is 3.76. The summed E-state index contributed by atoms with van der Waals surface area (Å²) in [5.41, 5.74) is 7.27. The van der Waals surface area contributed by atoms with E-state index in [1.807, 2.05) is 53.9 Å². The Morgan fingerprint density at radius 1 is 1.42 bits per heavy atom. The monoisotopic (exact) mass is 278 g/mol. The Kier molecular flexibility index (Phi) is 4.88. The van der Waals surface area contributed by atoms with Crippen molar-refractivity contribution in [1.82, 2.24) is 4.90 Å². The molecule has 0 spiro atoms. The summed E-state index contributed by atoms with van der Waals surface area (Å²) < 4.78 is 0. The van der Waals surface area contributed by atoms with Gasteiger partial charge in [-0.1, -0.05) is 37.3 Å². The van der Waals surface area contributed by atoms with Crippen LogP contribution in [0.25, 0.3) is 0 Å². The fourth-order valence-corrected chi connectivity index (χ4v) is 3.45. The van der Waals surface area contributed by atoms with Gasteiger partial charge in [0.15, 0.2) is 0 Å². The number of carbonyl (C=O) groups is 1. The lowest BCUT2D eigenvalue weighted by Gasteiger charge is -2.36. The maximum Gasteiger partial charge on any atom is 0.227 e. The number of hydrogen-bond acceptors (Lipinski definition) is 3. The predicted octanol–water partition coefficient (Wildman–Crippen LogP) is 2.29. The van der Waals surface area contributed by atoms with Crippen molar-refractivity contribution < 1.29 is 4.79 Å². The van der Waals surface area contributed by atoms with Gasteiger partial charge in [0.25, 0.3) is 0 Å². The highest BCUT2D eigenvalue weighted by atomic mass is 32.2. The highest BCUT2D eigenvalue weighted by Gasteiger charge is 2.30. The Balaban J connectivity index is 2.06. The number of amides is 1. The molecule has 1 aromatic carbocycles. The van der Waals surface area contributed by atoms with Gasteiger partial charge in [-0.25, -0.2) is 0 Å². The van der Waals surface area contributed by atoms with Gasteiger partial charge in [-0.2, -0.15) is 11.8 Å². The molecule has 1 heterocycles. The van der Waals surface area contributed by atoms with Crippen molar-refractivity contribution >= 4 is 17.7 Å². The summed E-state index contributed by atoms with van der Waals surface area (Å²) in [6.07, 6.45) is 0. The first-order chi connectivity index (χ1) is 9.11. The van der Waals surface area contributed by atoms with Crippen LogP contribution in [-0.2, 0) is 4.79 Å². The lowest BCUT2D eigenvalue weighted by molar-refractivity contribution is -0.137. The number of hydrogen-bond donors (Lipinski definition) is 1. The largest absolute Gasteiger partial charge is 0.338 e. The maximum absolute atomic E-state index is 12.6. The van der Waals surface area contributed by atoms with Gasteiger partial charge in [0.1, 0.15) is 0 Å². The molecule has 1 fully saturated rings. The molecule has 2 rings (SSSR count). The molecule has 1 aromatic rings. The molecule has 0 radical (unpaired) electrons. The Hall–Kier alpha value is -1.00. The van der Waals surface area contributed by atoms with Crippen LogP contribution in [0.4, 0.5) is 0 Å². The third kappa shape index (κ3) is 3.31. The number of rotatable bonds is 3. The number of carbonyl (C=O) groups excluding carboxylic acids is 1. The van der Waals surface area contributed by atoms with Crippen LogP contribution in [0, 0.1) is 5.92 Å². The molecule has 2 N–H and O–H groups in total. The third-order valence-corrected chi connectivity index (χ3v) is 4.95. The van der Waals surface area contributed by atoms with Crippen molar-refractivity contribution in [2.24, 2.45) is 11.7 Å². The summed E-state index contributed by atoms with van der Waals surface area (Å²) in [5, 5.41) is 0. The Bertz CT molecular complexity index is 423. The van der Waals surface area contributed by atoms with Crippen molar-refractivity contribution in [3.05, 3.63) is 35.9 Å². The van der Waals surface area contributed by atoms with Gasteiger partial charge in [-0.15, -0.1) is 0 Å². The first-order valence-corrected chi connectivity index (χ1v) is 7.95. The molecule has 0 saturated carbocycles. The number of nitrogens with two attached hydrogens (primary N) is 1. The van der Waals surface area contributed by atoms with Crippen molar-refractivity contribution in [2.75, 3.05) is 18.1 Å². The number of benzene rings is 1. The van der Waals surface area contributed by atoms with Gasteiger partial charge < -0.3 is 10.6 Å². The van der Waals surface area contributed by atoms with Crippen molar-refractivity contribution in [2.45, 2.75) is 25.9 Å². The van der Waals surface area contributed by atoms with E-state index in [2.05, 4.69) is 6.92 Å². The van der Waals surface area contributed by atoms with Gasteiger partial charge >= 0.3 is 0 Å². The van der Waals surface area contributed by atoms with E-state index >= 15 is 0 Å². The molecule has 0 aliphatic carbocycles. The maximum atomic E-state index is 12.6. The van der Waals surface area contributed by atoms with Gasteiger partial charge in [-0.05, 0) is 12.5 Å². The van der Waals surface area contributed by atoms with Crippen molar-refractivity contribution in [3.63, 3.8) is 0 Å². The molecule has 4 heteroatoms. The number of nitrogens with zero attached hydrogens (tertiary/aromatic N) is 1. The lowest BCUT2D eigenvalue weighted by Crippen LogP contribution is -2.48. The van der Waals surface area contributed by atoms with E-state index in [0.29, 0.717) is 6.04 Å². The second kappa shape index (κ2) is 6.44. The Morgan fingerprint density at radius 2 is 2.11 bits per heavy atom. The zero-order chi connectivity index (χ0) is 13.8. The Labute approximate surface area is 119 Å². The van der Waals surface area contributed by atoms with Crippen LogP contribution in [-0.4, -0.2) is 34.9 Å². The molecule has 1 saturated heterocycles. The zero-order valence-corrected chi connectivity index (χ0v) is 12.4. The highest BCUT2D eigenvalue weighted by molar-refractivity contribution is 7.99. The Morgan fingerprint density at radius 3 is 2.74 bits per heavy atom. The lowest BCUT2D eigenvalue weighted by atomic mass is 9.94. The van der Waals surface area contributed by atoms with Gasteiger partial charge in [0, 0.05) is 30.1 Å². The zero-order valence-electron chi connectivity index (χ0n) is 11.6. The average molecular weight is 278 g/mol. The van der Waals surface area contributed by atoms with Crippen LogP contribution >= 0.6 is 11.8 Å². The normalized spacial score (nSPS) is 22.9. The molecule has 3 unspecified atom stereocenters.